The maximum atomic E-state index is 10.4. The lowest BCUT2D eigenvalue weighted by Crippen LogP contribution is -2.42. The summed E-state index contributed by atoms with van der Waals surface area (Å²) in [5, 5.41) is 23.4. The van der Waals surface area contributed by atoms with Crippen LogP contribution in [-0.2, 0) is 4.74 Å². The van der Waals surface area contributed by atoms with Crippen molar-refractivity contribution in [1.29, 1.82) is 0 Å². The molecule has 1 aliphatic heterocycles. The Morgan fingerprint density at radius 1 is 1.57 bits per heavy atom. The molecule has 0 unspecified atom stereocenters. The maximum Gasteiger partial charge on any atom is 0.198 e. The molecule has 2 aromatic rings. The molecule has 1 fully saturated rings. The van der Waals surface area contributed by atoms with Gasteiger partial charge in [0.05, 0.1) is 18.9 Å². The molecule has 4 N–H and O–H groups in total. The zero-order valence-corrected chi connectivity index (χ0v) is 11.9. The van der Waals surface area contributed by atoms with Crippen LogP contribution in [0, 0.1) is 5.92 Å². The van der Waals surface area contributed by atoms with E-state index in [1.807, 2.05) is 0 Å². The SMILES string of the molecule is C=C[C@@H]1[C@H](n2cnc3c(N)ncnc32)O[C@@](CO)(N=[N+]=[N-])[C@H]1O. The molecule has 23 heavy (non-hydrogen) atoms. The number of aliphatic hydroxyl groups excluding tert-OH is 2. The summed E-state index contributed by atoms with van der Waals surface area (Å²) in [5.74, 6) is -0.466. The van der Waals surface area contributed by atoms with Crippen LogP contribution in [0.2, 0.25) is 0 Å². The number of anilines is 1. The van der Waals surface area contributed by atoms with Gasteiger partial charge in [0.25, 0.3) is 0 Å². The average molecular weight is 318 g/mol. The van der Waals surface area contributed by atoms with Crippen molar-refractivity contribution < 1.29 is 14.9 Å². The zero-order valence-electron chi connectivity index (χ0n) is 11.9. The second-order valence-electron chi connectivity index (χ2n) is 5.04. The number of aromatic nitrogens is 4. The maximum absolute atomic E-state index is 10.4. The predicted molar refractivity (Wildman–Crippen MR) is 78.5 cm³/mol. The number of hydrogen-bond donors (Lipinski definition) is 3. The van der Waals surface area contributed by atoms with Crippen LogP contribution in [0.15, 0.2) is 30.4 Å². The number of aliphatic hydroxyl groups is 2. The van der Waals surface area contributed by atoms with E-state index in [4.69, 9.17) is 16.0 Å². The fraction of sp³-hybridized carbons (Fsp3) is 0.417. The molecule has 0 aromatic carbocycles. The van der Waals surface area contributed by atoms with E-state index in [9.17, 15) is 10.2 Å². The van der Waals surface area contributed by atoms with Crippen LogP contribution in [0.3, 0.4) is 0 Å². The third kappa shape index (κ3) is 2.11. The molecule has 0 amide bonds. The molecule has 0 radical (unpaired) electrons. The van der Waals surface area contributed by atoms with Gasteiger partial charge in [-0.3, -0.25) is 4.57 Å². The first kappa shape index (κ1) is 15.2. The van der Waals surface area contributed by atoms with Gasteiger partial charge >= 0.3 is 0 Å². The summed E-state index contributed by atoms with van der Waals surface area (Å²) in [7, 11) is 0. The van der Waals surface area contributed by atoms with E-state index in [2.05, 4.69) is 31.6 Å². The Balaban J connectivity index is 2.12. The molecule has 0 spiro atoms. The van der Waals surface area contributed by atoms with Crippen LogP contribution < -0.4 is 5.73 Å². The number of azide groups is 1. The minimum Gasteiger partial charge on any atom is -0.393 e. The summed E-state index contributed by atoms with van der Waals surface area (Å²) in [5.41, 5.74) is 13.4. The third-order valence-electron chi connectivity index (χ3n) is 3.85. The number of nitrogen functional groups attached to an aromatic ring is 1. The Labute approximate surface area is 129 Å². The van der Waals surface area contributed by atoms with Crippen molar-refractivity contribution >= 4 is 17.0 Å². The van der Waals surface area contributed by atoms with E-state index in [0.29, 0.717) is 11.2 Å². The molecule has 3 rings (SSSR count). The average Bonchev–Trinajstić information content (AvgIpc) is 3.09. The Morgan fingerprint density at radius 3 is 3.00 bits per heavy atom. The molecule has 1 saturated heterocycles. The summed E-state index contributed by atoms with van der Waals surface area (Å²) in [6.07, 6.45) is 2.03. The van der Waals surface area contributed by atoms with Crippen molar-refractivity contribution in [3.8, 4) is 0 Å². The normalized spacial score (nSPS) is 30.3. The quantitative estimate of drug-likeness (QED) is 0.311. The van der Waals surface area contributed by atoms with Gasteiger partial charge in [-0.2, -0.15) is 0 Å². The molecular formula is C12H14N8O3. The Bertz CT molecular complexity index is 801. The summed E-state index contributed by atoms with van der Waals surface area (Å²) < 4.78 is 7.20. The molecule has 0 bridgehead atoms. The molecular weight excluding hydrogens is 304 g/mol. The summed E-state index contributed by atoms with van der Waals surface area (Å²) in [4.78, 5) is 14.7. The van der Waals surface area contributed by atoms with Gasteiger partial charge in [0.15, 0.2) is 17.2 Å². The predicted octanol–water partition coefficient (Wildman–Crippen LogP) is 0.0993. The Hall–Kier alpha value is -2.72. The fourth-order valence-electron chi connectivity index (χ4n) is 2.68. The number of rotatable bonds is 4. The second-order valence-corrected chi connectivity index (χ2v) is 5.04. The first-order valence-electron chi connectivity index (χ1n) is 6.66. The molecule has 4 atom stereocenters. The molecule has 2 aromatic heterocycles. The Morgan fingerprint density at radius 2 is 2.35 bits per heavy atom. The lowest BCUT2D eigenvalue weighted by molar-refractivity contribution is -0.122. The van der Waals surface area contributed by atoms with Gasteiger partial charge in [-0.1, -0.05) is 11.2 Å². The van der Waals surface area contributed by atoms with Crippen molar-refractivity contribution in [2.75, 3.05) is 12.3 Å². The highest BCUT2D eigenvalue weighted by atomic mass is 16.6. The third-order valence-corrected chi connectivity index (χ3v) is 3.85. The number of hydrogen-bond acceptors (Lipinski definition) is 8. The van der Waals surface area contributed by atoms with Crippen LogP contribution in [-0.4, -0.2) is 48.2 Å². The van der Waals surface area contributed by atoms with Crippen molar-refractivity contribution in [3.63, 3.8) is 0 Å². The van der Waals surface area contributed by atoms with Gasteiger partial charge in [0.2, 0.25) is 0 Å². The van der Waals surface area contributed by atoms with E-state index >= 15 is 0 Å². The van der Waals surface area contributed by atoms with Crippen LogP contribution in [0.5, 0.6) is 0 Å². The minimum atomic E-state index is -1.81. The highest BCUT2D eigenvalue weighted by Gasteiger charge is 2.54. The van der Waals surface area contributed by atoms with Gasteiger partial charge in [-0.15, -0.1) is 6.58 Å². The first-order chi connectivity index (χ1) is 11.1. The number of imidazole rings is 1. The minimum absolute atomic E-state index is 0.200. The molecule has 120 valence electrons. The molecule has 1 aliphatic rings. The lowest BCUT2D eigenvalue weighted by Gasteiger charge is -2.24. The van der Waals surface area contributed by atoms with E-state index < -0.39 is 30.6 Å². The topological polar surface area (TPSA) is 168 Å². The smallest absolute Gasteiger partial charge is 0.198 e. The summed E-state index contributed by atoms with van der Waals surface area (Å²) in [6.45, 7) is 2.97. The van der Waals surface area contributed by atoms with Gasteiger partial charge < -0.3 is 20.7 Å². The molecule has 3 heterocycles. The Kier molecular flexibility index (Phi) is 3.62. The summed E-state index contributed by atoms with van der Waals surface area (Å²) in [6, 6.07) is 0. The van der Waals surface area contributed by atoms with Gasteiger partial charge in [-0.25, -0.2) is 15.0 Å². The van der Waals surface area contributed by atoms with Crippen LogP contribution >= 0.6 is 0 Å². The van der Waals surface area contributed by atoms with Crippen LogP contribution in [0.25, 0.3) is 21.6 Å². The monoisotopic (exact) mass is 318 g/mol. The zero-order chi connectivity index (χ0) is 16.6. The highest BCUT2D eigenvalue weighted by molar-refractivity contribution is 5.81. The number of ether oxygens (including phenoxy) is 1. The fourth-order valence-corrected chi connectivity index (χ4v) is 2.68. The van der Waals surface area contributed by atoms with E-state index in [-0.39, 0.29) is 5.82 Å². The van der Waals surface area contributed by atoms with Crippen LogP contribution in [0.4, 0.5) is 5.82 Å². The molecule has 11 heteroatoms. The van der Waals surface area contributed by atoms with Crippen molar-refractivity contribution in [1.82, 2.24) is 19.5 Å². The van der Waals surface area contributed by atoms with Gasteiger partial charge in [-0.05, 0) is 5.53 Å². The highest BCUT2D eigenvalue weighted by Crippen LogP contribution is 2.43. The lowest BCUT2D eigenvalue weighted by atomic mass is 9.96. The molecule has 0 saturated carbocycles. The van der Waals surface area contributed by atoms with Crippen molar-refractivity contribution in [2.45, 2.75) is 18.1 Å². The van der Waals surface area contributed by atoms with E-state index in [1.165, 1.54) is 23.3 Å². The largest absolute Gasteiger partial charge is 0.393 e. The number of fused-ring (bicyclic) bond motifs is 1. The standard InChI is InChI=1S/C12H14N8O3/c1-2-6-8(22)12(3-21,18-19-14)23-11(6)20-5-17-7-9(13)15-4-16-10(7)20/h2,4-6,8,11,21-22H,1,3H2,(H2,13,15,16)/t6-,8-,11+,12+/m0/s1. The van der Waals surface area contributed by atoms with E-state index in [0.717, 1.165) is 0 Å². The molecule has 11 nitrogen and oxygen atoms in total. The van der Waals surface area contributed by atoms with Gasteiger partial charge in [0.1, 0.15) is 24.2 Å². The van der Waals surface area contributed by atoms with Crippen molar-refractivity contribution in [3.05, 3.63) is 35.8 Å². The van der Waals surface area contributed by atoms with Crippen LogP contribution in [0.1, 0.15) is 6.23 Å². The van der Waals surface area contributed by atoms with Crippen molar-refractivity contribution in [2.24, 2.45) is 11.0 Å². The first-order valence-corrected chi connectivity index (χ1v) is 6.66. The second kappa shape index (κ2) is 5.48. The summed E-state index contributed by atoms with van der Waals surface area (Å²) >= 11 is 0. The van der Waals surface area contributed by atoms with E-state index in [1.54, 1.807) is 0 Å². The van der Waals surface area contributed by atoms with Gasteiger partial charge in [0, 0.05) is 4.91 Å². The molecule has 0 aliphatic carbocycles. The number of nitrogens with zero attached hydrogens (tertiary/aromatic N) is 7. The number of nitrogens with two attached hydrogens (primary N) is 1.